The lowest BCUT2D eigenvalue weighted by atomic mass is 9.92. The lowest BCUT2D eigenvalue weighted by Crippen LogP contribution is -2.32. The summed E-state index contributed by atoms with van der Waals surface area (Å²) in [6, 6.07) is 25.0. The summed E-state index contributed by atoms with van der Waals surface area (Å²) in [6.07, 6.45) is 8.51. The molecule has 0 fully saturated rings. The molecule has 0 radical (unpaired) electrons. The van der Waals surface area contributed by atoms with Gasteiger partial charge >= 0.3 is 5.97 Å². The zero-order chi connectivity index (χ0) is 21.4. The average Bonchev–Trinajstić information content (AvgIpc) is 2.76. The van der Waals surface area contributed by atoms with Crippen molar-refractivity contribution in [2.75, 3.05) is 5.32 Å². The number of hydrogen-bond donors (Lipinski definition) is 1. The van der Waals surface area contributed by atoms with Crippen molar-refractivity contribution in [1.29, 1.82) is 0 Å². The van der Waals surface area contributed by atoms with E-state index < -0.39 is 5.54 Å². The number of para-hydroxylation sites is 1. The van der Waals surface area contributed by atoms with Gasteiger partial charge in [0.1, 0.15) is 0 Å². The minimum absolute atomic E-state index is 0.329. The third kappa shape index (κ3) is 3.71. The van der Waals surface area contributed by atoms with E-state index in [1.807, 2.05) is 18.2 Å². The van der Waals surface area contributed by atoms with E-state index in [0.29, 0.717) is 5.75 Å². The first-order valence-electron chi connectivity index (χ1n) is 10.4. The van der Waals surface area contributed by atoms with E-state index in [2.05, 4.69) is 91.1 Å². The number of carbonyl (C=O) groups excluding carboxylic acids is 1. The molecule has 1 atom stereocenters. The van der Waals surface area contributed by atoms with Crippen LogP contribution in [0, 0.1) is 0 Å². The Bertz CT molecular complexity index is 1380. The van der Waals surface area contributed by atoms with Crippen LogP contribution in [0.4, 0.5) is 5.69 Å². The van der Waals surface area contributed by atoms with Gasteiger partial charge < -0.3 is 10.1 Å². The normalized spacial score (nSPS) is 17.6. The Kier molecular flexibility index (Phi) is 4.59. The third-order valence-corrected chi connectivity index (χ3v) is 5.71. The molecule has 1 aliphatic heterocycles. The number of esters is 1. The van der Waals surface area contributed by atoms with E-state index in [9.17, 15) is 4.79 Å². The smallest absolute Gasteiger partial charge is 0.308 e. The van der Waals surface area contributed by atoms with Gasteiger partial charge in [-0.05, 0) is 52.2 Å². The predicted octanol–water partition coefficient (Wildman–Crippen LogP) is 6.83. The molecule has 4 aromatic rings. The van der Waals surface area contributed by atoms with Crippen molar-refractivity contribution in [3.63, 3.8) is 0 Å². The number of ether oxygens (including phenoxy) is 1. The Morgan fingerprint density at radius 3 is 2.48 bits per heavy atom. The highest BCUT2D eigenvalue weighted by molar-refractivity contribution is 6.01. The zero-order valence-electron chi connectivity index (χ0n) is 17.6. The molecular formula is C28H23NO2. The van der Waals surface area contributed by atoms with E-state index in [1.54, 1.807) is 0 Å². The number of nitrogens with one attached hydrogen (secondary N) is 1. The van der Waals surface area contributed by atoms with Crippen LogP contribution < -0.4 is 10.1 Å². The summed E-state index contributed by atoms with van der Waals surface area (Å²) in [5, 5.41) is 8.47. The van der Waals surface area contributed by atoms with Gasteiger partial charge in [0.2, 0.25) is 0 Å². The summed E-state index contributed by atoms with van der Waals surface area (Å²) >= 11 is 0. The molecule has 1 aliphatic rings. The van der Waals surface area contributed by atoms with Gasteiger partial charge in [-0.1, -0.05) is 78.9 Å². The zero-order valence-corrected chi connectivity index (χ0v) is 17.6. The summed E-state index contributed by atoms with van der Waals surface area (Å²) in [6.45, 7) is 3.52. The fourth-order valence-electron chi connectivity index (χ4n) is 4.13. The predicted molar refractivity (Wildman–Crippen MR) is 129 cm³/mol. The van der Waals surface area contributed by atoms with Gasteiger partial charge in [0.25, 0.3) is 0 Å². The summed E-state index contributed by atoms with van der Waals surface area (Å²) in [5.74, 6) is 0.218. The van der Waals surface area contributed by atoms with Gasteiger partial charge in [-0.15, -0.1) is 0 Å². The molecule has 5 rings (SSSR count). The topological polar surface area (TPSA) is 38.3 Å². The summed E-state index contributed by atoms with van der Waals surface area (Å²) < 4.78 is 5.41. The Hall–Kier alpha value is -3.85. The minimum Gasteiger partial charge on any atom is -0.424 e. The molecule has 1 heterocycles. The van der Waals surface area contributed by atoms with Crippen molar-refractivity contribution in [1.82, 2.24) is 0 Å². The Morgan fingerprint density at radius 1 is 0.935 bits per heavy atom. The molecule has 0 saturated heterocycles. The molecule has 0 aromatic heterocycles. The molecule has 0 amide bonds. The van der Waals surface area contributed by atoms with Crippen molar-refractivity contribution in [3.05, 3.63) is 96.1 Å². The van der Waals surface area contributed by atoms with Crippen molar-refractivity contribution < 1.29 is 9.53 Å². The Morgan fingerprint density at radius 2 is 1.68 bits per heavy atom. The van der Waals surface area contributed by atoms with E-state index >= 15 is 0 Å². The van der Waals surface area contributed by atoms with Crippen LogP contribution in [0.2, 0.25) is 0 Å². The summed E-state index contributed by atoms with van der Waals surface area (Å²) in [7, 11) is 0. The molecule has 0 bridgehead atoms. The van der Waals surface area contributed by atoms with Crippen LogP contribution in [-0.4, -0.2) is 11.5 Å². The van der Waals surface area contributed by atoms with Crippen molar-refractivity contribution in [2.24, 2.45) is 0 Å². The maximum Gasteiger partial charge on any atom is 0.308 e. The van der Waals surface area contributed by atoms with E-state index in [4.69, 9.17) is 4.74 Å². The standard InChI is InChI=1S/C28H23NO2/c1-19(30)31-26-12-6-10-21-14-16-28(2,29-27(21)26)15-13-20-9-5-11-24-17-22-7-3-4-8-23(22)18-25(20)24/h3-18,29H,1-2H3/b15-13+. The molecule has 1 unspecified atom stereocenters. The monoisotopic (exact) mass is 405 g/mol. The molecule has 152 valence electrons. The van der Waals surface area contributed by atoms with Crippen LogP contribution in [0.15, 0.2) is 84.9 Å². The van der Waals surface area contributed by atoms with Crippen LogP contribution in [0.25, 0.3) is 33.7 Å². The van der Waals surface area contributed by atoms with Crippen molar-refractivity contribution in [3.8, 4) is 5.75 Å². The second-order valence-electron chi connectivity index (χ2n) is 8.16. The fraction of sp³-hybridized carbons (Fsp3) is 0.107. The second kappa shape index (κ2) is 7.44. The second-order valence-corrected chi connectivity index (χ2v) is 8.16. The van der Waals surface area contributed by atoms with Crippen LogP contribution in [0.5, 0.6) is 5.75 Å². The van der Waals surface area contributed by atoms with E-state index in [0.717, 1.165) is 11.3 Å². The molecule has 0 saturated carbocycles. The van der Waals surface area contributed by atoms with Gasteiger partial charge in [-0.25, -0.2) is 0 Å². The number of fused-ring (bicyclic) bond motifs is 3. The fourth-order valence-corrected chi connectivity index (χ4v) is 4.13. The van der Waals surface area contributed by atoms with Crippen molar-refractivity contribution in [2.45, 2.75) is 19.4 Å². The highest BCUT2D eigenvalue weighted by atomic mass is 16.5. The molecular weight excluding hydrogens is 382 g/mol. The van der Waals surface area contributed by atoms with Crippen molar-refractivity contribution >= 4 is 45.4 Å². The van der Waals surface area contributed by atoms with E-state index in [-0.39, 0.29) is 5.97 Å². The minimum atomic E-state index is -0.414. The van der Waals surface area contributed by atoms with Crippen LogP contribution >= 0.6 is 0 Å². The third-order valence-electron chi connectivity index (χ3n) is 5.71. The lowest BCUT2D eigenvalue weighted by molar-refractivity contribution is -0.131. The first kappa shape index (κ1) is 19.1. The number of hydrogen-bond acceptors (Lipinski definition) is 3. The first-order chi connectivity index (χ1) is 15.0. The molecule has 0 aliphatic carbocycles. The maximum absolute atomic E-state index is 11.5. The van der Waals surface area contributed by atoms with Gasteiger partial charge in [-0.2, -0.15) is 0 Å². The summed E-state index contributed by atoms with van der Waals surface area (Å²) in [5.41, 5.74) is 2.58. The molecule has 1 N–H and O–H groups in total. The van der Waals surface area contributed by atoms with Gasteiger partial charge in [0.05, 0.1) is 11.2 Å². The highest BCUT2D eigenvalue weighted by Crippen LogP contribution is 2.37. The van der Waals surface area contributed by atoms with Gasteiger partial charge in [0.15, 0.2) is 5.75 Å². The number of carbonyl (C=O) groups is 1. The molecule has 0 spiro atoms. The largest absolute Gasteiger partial charge is 0.424 e. The maximum atomic E-state index is 11.5. The molecule has 4 aromatic carbocycles. The summed E-state index contributed by atoms with van der Waals surface area (Å²) in [4.78, 5) is 11.5. The van der Waals surface area contributed by atoms with E-state index in [1.165, 1.54) is 34.0 Å². The Labute approximate surface area is 181 Å². The van der Waals surface area contributed by atoms with Crippen LogP contribution in [0.1, 0.15) is 25.0 Å². The molecule has 3 heteroatoms. The first-order valence-corrected chi connectivity index (χ1v) is 10.4. The highest BCUT2D eigenvalue weighted by Gasteiger charge is 2.24. The molecule has 3 nitrogen and oxygen atoms in total. The van der Waals surface area contributed by atoms with Gasteiger partial charge in [-0.3, -0.25) is 4.79 Å². The van der Waals surface area contributed by atoms with Crippen LogP contribution in [0.3, 0.4) is 0 Å². The number of benzene rings is 4. The quantitative estimate of drug-likeness (QED) is 0.231. The van der Waals surface area contributed by atoms with Crippen LogP contribution in [-0.2, 0) is 4.79 Å². The average molecular weight is 405 g/mol. The lowest BCUT2D eigenvalue weighted by Gasteiger charge is -2.31. The Balaban J connectivity index is 1.52. The van der Waals surface area contributed by atoms with Gasteiger partial charge in [0, 0.05) is 12.5 Å². The number of rotatable bonds is 3. The molecule has 31 heavy (non-hydrogen) atoms. The SMILES string of the molecule is CC(=O)Oc1cccc2c1NC(C)(/C=C/c1cccc3cc4ccccc4cc13)C=C2. The number of anilines is 1.